The summed E-state index contributed by atoms with van der Waals surface area (Å²) in [6.45, 7) is 7.14. The van der Waals surface area contributed by atoms with Crippen LogP contribution < -0.4 is 0 Å². The predicted molar refractivity (Wildman–Crippen MR) is 119 cm³/mol. The Morgan fingerprint density at radius 2 is 1.97 bits per heavy atom. The van der Waals surface area contributed by atoms with Gasteiger partial charge in [-0.15, -0.1) is 10.2 Å². The zero-order valence-corrected chi connectivity index (χ0v) is 17.9. The minimum Gasteiger partial charge on any atom is -0.313 e. The Labute approximate surface area is 180 Å². The van der Waals surface area contributed by atoms with Crippen LogP contribution in [0.3, 0.4) is 0 Å². The van der Waals surface area contributed by atoms with Gasteiger partial charge in [-0.1, -0.05) is 19.1 Å². The van der Waals surface area contributed by atoms with E-state index in [1.807, 2.05) is 30.6 Å². The van der Waals surface area contributed by atoms with Gasteiger partial charge in [-0.25, -0.2) is 9.97 Å². The minimum atomic E-state index is 0.573. The van der Waals surface area contributed by atoms with Crippen LogP contribution in [0.5, 0.6) is 0 Å². The first-order chi connectivity index (χ1) is 15.2. The minimum absolute atomic E-state index is 0.573. The van der Waals surface area contributed by atoms with Gasteiger partial charge in [0.2, 0.25) is 5.82 Å². The van der Waals surface area contributed by atoms with Crippen LogP contribution in [0.4, 0.5) is 0 Å². The fourth-order valence-corrected chi connectivity index (χ4v) is 4.08. The number of aromatic amines is 1. The first-order valence-corrected chi connectivity index (χ1v) is 10.5. The Hall–Kier alpha value is -3.81. The lowest BCUT2D eigenvalue weighted by atomic mass is 10.1. The van der Waals surface area contributed by atoms with E-state index in [0.717, 1.165) is 53.3 Å². The molecule has 0 aliphatic rings. The van der Waals surface area contributed by atoms with Crippen molar-refractivity contribution in [3.8, 4) is 17.2 Å². The highest BCUT2D eigenvalue weighted by atomic mass is 15.5. The molecule has 5 aromatic rings. The number of hydrogen-bond acceptors (Lipinski definition) is 5. The second-order valence-electron chi connectivity index (χ2n) is 7.78. The topological polar surface area (TPSA) is 90.1 Å². The molecule has 4 heterocycles. The van der Waals surface area contributed by atoms with Crippen LogP contribution in [0.2, 0.25) is 0 Å². The number of aryl methyl sites for hydroxylation is 3. The first-order valence-electron chi connectivity index (χ1n) is 10.5. The molecule has 0 saturated carbocycles. The Bertz CT molecular complexity index is 1340. The number of imidazole rings is 1. The number of rotatable bonds is 6. The summed E-state index contributed by atoms with van der Waals surface area (Å²) >= 11 is 0. The number of tetrazole rings is 1. The van der Waals surface area contributed by atoms with Crippen molar-refractivity contribution >= 4 is 11.2 Å². The fourth-order valence-electron chi connectivity index (χ4n) is 4.08. The molecule has 5 rings (SSSR count). The first kappa shape index (κ1) is 19.2. The maximum atomic E-state index is 4.89. The average Bonchev–Trinajstić information content (AvgIpc) is 3.50. The van der Waals surface area contributed by atoms with E-state index in [1.165, 1.54) is 11.1 Å². The van der Waals surface area contributed by atoms with Crippen molar-refractivity contribution in [2.75, 3.05) is 0 Å². The standard InChI is InChI=1S/C23H24N8/c1-4-6-20-25-21-15(2)10-11-24-23(21)31(20)14-17-8-9-18(16(3)13-17)30-12-5-7-19(30)22-26-28-29-27-22/h5,7-13H,4,6,14H2,1-3H3,(H,26,27,28,29). The van der Waals surface area contributed by atoms with Crippen LogP contribution in [-0.2, 0) is 13.0 Å². The van der Waals surface area contributed by atoms with E-state index < -0.39 is 0 Å². The zero-order chi connectivity index (χ0) is 21.4. The molecule has 0 radical (unpaired) electrons. The molecule has 31 heavy (non-hydrogen) atoms. The summed E-state index contributed by atoms with van der Waals surface area (Å²) in [5.74, 6) is 1.66. The van der Waals surface area contributed by atoms with E-state index in [1.54, 1.807) is 0 Å². The van der Waals surface area contributed by atoms with Crippen molar-refractivity contribution in [1.82, 2.24) is 39.7 Å². The van der Waals surface area contributed by atoms with Gasteiger partial charge >= 0.3 is 0 Å². The number of pyridine rings is 1. The largest absolute Gasteiger partial charge is 0.313 e. The maximum Gasteiger partial charge on any atom is 0.221 e. The van der Waals surface area contributed by atoms with Gasteiger partial charge in [0.15, 0.2) is 5.65 Å². The lowest BCUT2D eigenvalue weighted by Gasteiger charge is -2.14. The average molecular weight is 413 g/mol. The van der Waals surface area contributed by atoms with Crippen LogP contribution in [0, 0.1) is 13.8 Å². The monoisotopic (exact) mass is 412 g/mol. The number of aromatic nitrogens is 8. The Balaban J connectivity index is 1.52. The molecular weight excluding hydrogens is 388 g/mol. The Morgan fingerprint density at radius 3 is 2.74 bits per heavy atom. The summed E-state index contributed by atoms with van der Waals surface area (Å²) in [7, 11) is 0. The second kappa shape index (κ2) is 7.79. The second-order valence-corrected chi connectivity index (χ2v) is 7.78. The summed E-state index contributed by atoms with van der Waals surface area (Å²) in [5.41, 5.74) is 7.49. The number of nitrogens with zero attached hydrogens (tertiary/aromatic N) is 7. The highest BCUT2D eigenvalue weighted by Crippen LogP contribution is 2.25. The lowest BCUT2D eigenvalue weighted by molar-refractivity contribution is 0.716. The van der Waals surface area contributed by atoms with Gasteiger partial charge in [0.05, 0.1) is 12.2 Å². The molecule has 0 bridgehead atoms. The van der Waals surface area contributed by atoms with Gasteiger partial charge in [-0.2, -0.15) is 5.21 Å². The van der Waals surface area contributed by atoms with Crippen molar-refractivity contribution in [3.63, 3.8) is 0 Å². The number of nitrogens with one attached hydrogen (secondary N) is 1. The number of H-pyrrole nitrogens is 1. The maximum absolute atomic E-state index is 4.89. The Morgan fingerprint density at radius 1 is 1.06 bits per heavy atom. The van der Waals surface area contributed by atoms with Crippen LogP contribution in [0.25, 0.3) is 28.4 Å². The van der Waals surface area contributed by atoms with Crippen LogP contribution in [0.1, 0.15) is 35.9 Å². The molecule has 0 spiro atoms. The van der Waals surface area contributed by atoms with Crippen molar-refractivity contribution in [2.24, 2.45) is 0 Å². The smallest absolute Gasteiger partial charge is 0.221 e. The van der Waals surface area contributed by atoms with Crippen LogP contribution >= 0.6 is 0 Å². The van der Waals surface area contributed by atoms with E-state index in [0.29, 0.717) is 5.82 Å². The van der Waals surface area contributed by atoms with E-state index in [2.05, 4.69) is 73.7 Å². The molecule has 0 aliphatic carbocycles. The van der Waals surface area contributed by atoms with E-state index >= 15 is 0 Å². The van der Waals surface area contributed by atoms with Crippen molar-refractivity contribution in [1.29, 1.82) is 0 Å². The Kier molecular flexibility index (Phi) is 4.82. The molecule has 156 valence electrons. The van der Waals surface area contributed by atoms with Crippen molar-refractivity contribution in [2.45, 2.75) is 40.2 Å². The summed E-state index contributed by atoms with van der Waals surface area (Å²) < 4.78 is 4.34. The molecule has 1 N–H and O–H groups in total. The number of hydrogen-bond donors (Lipinski definition) is 1. The third-order valence-electron chi connectivity index (χ3n) is 5.57. The summed E-state index contributed by atoms with van der Waals surface area (Å²) in [6, 6.07) is 12.5. The normalized spacial score (nSPS) is 11.5. The van der Waals surface area contributed by atoms with Gasteiger partial charge in [0, 0.05) is 24.5 Å². The third-order valence-corrected chi connectivity index (χ3v) is 5.57. The predicted octanol–water partition coefficient (Wildman–Crippen LogP) is 4.02. The molecule has 0 fully saturated rings. The van der Waals surface area contributed by atoms with E-state index in [-0.39, 0.29) is 0 Å². The quantitative estimate of drug-likeness (QED) is 0.455. The van der Waals surface area contributed by atoms with Gasteiger partial charge < -0.3 is 9.13 Å². The molecule has 8 heteroatoms. The third kappa shape index (κ3) is 3.39. The number of benzene rings is 1. The summed E-state index contributed by atoms with van der Waals surface area (Å²) in [6.07, 6.45) is 5.87. The van der Waals surface area contributed by atoms with Crippen LogP contribution in [0.15, 0.2) is 48.8 Å². The molecule has 0 atom stereocenters. The van der Waals surface area contributed by atoms with Crippen molar-refractivity contribution < 1.29 is 0 Å². The van der Waals surface area contributed by atoms with E-state index in [9.17, 15) is 0 Å². The zero-order valence-electron chi connectivity index (χ0n) is 17.9. The lowest BCUT2D eigenvalue weighted by Crippen LogP contribution is -2.07. The fraction of sp³-hybridized carbons (Fsp3) is 0.261. The molecule has 0 amide bonds. The van der Waals surface area contributed by atoms with Crippen LogP contribution in [-0.4, -0.2) is 39.7 Å². The summed E-state index contributed by atoms with van der Waals surface area (Å²) in [4.78, 5) is 9.53. The summed E-state index contributed by atoms with van der Waals surface area (Å²) in [5, 5.41) is 14.4. The molecule has 8 nitrogen and oxygen atoms in total. The van der Waals surface area contributed by atoms with E-state index in [4.69, 9.17) is 4.98 Å². The van der Waals surface area contributed by atoms with Crippen molar-refractivity contribution in [3.05, 3.63) is 71.3 Å². The highest BCUT2D eigenvalue weighted by molar-refractivity contribution is 5.75. The van der Waals surface area contributed by atoms with Gasteiger partial charge in [-0.05, 0) is 66.4 Å². The van der Waals surface area contributed by atoms with Gasteiger partial charge in [0.1, 0.15) is 11.3 Å². The van der Waals surface area contributed by atoms with Gasteiger partial charge in [-0.3, -0.25) is 0 Å². The number of fused-ring (bicyclic) bond motifs is 1. The molecule has 1 aromatic carbocycles. The highest BCUT2D eigenvalue weighted by Gasteiger charge is 2.15. The van der Waals surface area contributed by atoms with Gasteiger partial charge in [0.25, 0.3) is 0 Å². The molecule has 0 unspecified atom stereocenters. The molecule has 0 aliphatic heterocycles. The molecule has 0 saturated heterocycles. The molecule has 4 aromatic heterocycles. The molecular formula is C23H24N8. The SMILES string of the molecule is CCCc1nc2c(C)ccnc2n1Cc1ccc(-n2cccc2-c2nn[nH]n2)c(C)c1.